The normalized spacial score (nSPS) is 10.8. The van der Waals surface area contributed by atoms with Gasteiger partial charge < -0.3 is 10.2 Å². The van der Waals surface area contributed by atoms with Crippen molar-refractivity contribution in [3.8, 4) is 0 Å². The molecule has 0 radical (unpaired) electrons. The number of carbonyl (C=O) groups excluding carboxylic acids is 2. The van der Waals surface area contributed by atoms with E-state index in [4.69, 9.17) is 0 Å². The van der Waals surface area contributed by atoms with Gasteiger partial charge in [-0.15, -0.1) is 0 Å². The lowest BCUT2D eigenvalue weighted by atomic mass is 10.0. The molecule has 1 rings (SSSR count). The maximum Gasteiger partial charge on any atom is 0.238 e. The Labute approximate surface area is 126 Å². The Morgan fingerprint density at radius 1 is 1.10 bits per heavy atom. The minimum atomic E-state index is -0.114. The van der Waals surface area contributed by atoms with Crippen molar-refractivity contribution in [3.63, 3.8) is 0 Å². The van der Waals surface area contributed by atoms with Crippen LogP contribution in [0.25, 0.3) is 0 Å². The van der Waals surface area contributed by atoms with Crippen LogP contribution in [0, 0.1) is 0 Å². The number of benzene rings is 1. The molecule has 116 valence electrons. The predicted molar refractivity (Wildman–Crippen MR) is 85.4 cm³/mol. The van der Waals surface area contributed by atoms with E-state index in [9.17, 15) is 9.59 Å². The molecule has 0 spiro atoms. The topological polar surface area (TPSA) is 52.7 Å². The Hall–Kier alpha value is -1.88. The van der Waals surface area contributed by atoms with E-state index in [1.807, 2.05) is 24.3 Å². The molecule has 1 N–H and O–H groups in total. The average molecular weight is 291 g/mol. The highest BCUT2D eigenvalue weighted by Crippen LogP contribution is 2.23. The second-order valence-electron chi connectivity index (χ2n) is 5.75. The van der Waals surface area contributed by atoms with E-state index < -0.39 is 0 Å². The number of para-hydroxylation sites is 1. The van der Waals surface area contributed by atoms with Gasteiger partial charge in [0.15, 0.2) is 0 Å². The van der Waals surface area contributed by atoms with Crippen LogP contribution >= 0.6 is 0 Å². The Morgan fingerprint density at radius 3 is 2.29 bits per heavy atom. The molecule has 2 amide bonds. The summed E-state index contributed by atoms with van der Waals surface area (Å²) in [6.07, 6.45) is 0. The summed E-state index contributed by atoms with van der Waals surface area (Å²) in [7, 11) is 5.17. The van der Waals surface area contributed by atoms with Gasteiger partial charge in [0.1, 0.15) is 0 Å². The fourth-order valence-electron chi connectivity index (χ4n) is 1.98. The first kappa shape index (κ1) is 17.2. The van der Waals surface area contributed by atoms with Gasteiger partial charge in [-0.3, -0.25) is 14.5 Å². The van der Waals surface area contributed by atoms with Crippen LogP contribution in [0.4, 0.5) is 5.69 Å². The van der Waals surface area contributed by atoms with Gasteiger partial charge in [-0.05, 0) is 24.6 Å². The first-order chi connectivity index (χ1) is 9.81. The first-order valence-corrected chi connectivity index (χ1v) is 7.08. The highest BCUT2D eigenvalue weighted by molar-refractivity contribution is 5.93. The highest BCUT2D eigenvalue weighted by Gasteiger charge is 2.13. The van der Waals surface area contributed by atoms with Crippen molar-refractivity contribution in [2.45, 2.75) is 19.8 Å². The minimum absolute atomic E-state index is 0.0205. The molecule has 0 unspecified atom stereocenters. The molecule has 0 bridgehead atoms. The number of hydrogen-bond donors (Lipinski definition) is 1. The van der Waals surface area contributed by atoms with Crippen LogP contribution in [-0.4, -0.2) is 55.8 Å². The van der Waals surface area contributed by atoms with E-state index in [1.54, 1.807) is 26.0 Å². The zero-order valence-electron chi connectivity index (χ0n) is 13.5. The molecule has 5 nitrogen and oxygen atoms in total. The Morgan fingerprint density at radius 2 is 1.71 bits per heavy atom. The highest BCUT2D eigenvalue weighted by atomic mass is 16.2. The van der Waals surface area contributed by atoms with Crippen LogP contribution in [0.2, 0.25) is 0 Å². The van der Waals surface area contributed by atoms with Crippen LogP contribution in [0.15, 0.2) is 24.3 Å². The number of likely N-dealkylation sites (N-methyl/N-ethyl adjacent to an activating group) is 2. The lowest BCUT2D eigenvalue weighted by molar-refractivity contribution is -0.130. The molecule has 0 aliphatic heterocycles. The monoisotopic (exact) mass is 291 g/mol. The van der Waals surface area contributed by atoms with E-state index in [-0.39, 0.29) is 24.9 Å². The van der Waals surface area contributed by atoms with E-state index in [0.717, 1.165) is 11.3 Å². The lowest BCUT2D eigenvalue weighted by Crippen LogP contribution is -2.38. The molecular weight excluding hydrogens is 266 g/mol. The fourth-order valence-corrected chi connectivity index (χ4v) is 1.98. The molecule has 1 aromatic rings. The Balaban J connectivity index is 2.60. The van der Waals surface area contributed by atoms with Crippen molar-refractivity contribution in [2.24, 2.45) is 0 Å². The number of rotatable bonds is 6. The number of hydrogen-bond acceptors (Lipinski definition) is 3. The van der Waals surface area contributed by atoms with Crippen molar-refractivity contribution in [3.05, 3.63) is 29.8 Å². The maximum atomic E-state index is 12.1. The second-order valence-corrected chi connectivity index (χ2v) is 5.75. The molecule has 0 saturated heterocycles. The van der Waals surface area contributed by atoms with Crippen LogP contribution in [0.1, 0.15) is 25.3 Å². The molecule has 0 fully saturated rings. The average Bonchev–Trinajstić information content (AvgIpc) is 2.38. The van der Waals surface area contributed by atoms with E-state index in [1.165, 1.54) is 4.90 Å². The first-order valence-electron chi connectivity index (χ1n) is 7.08. The molecule has 1 aromatic carbocycles. The number of anilines is 1. The molecular formula is C16H25N3O2. The minimum Gasteiger partial charge on any atom is -0.348 e. The molecule has 0 aliphatic carbocycles. The van der Waals surface area contributed by atoms with Crippen molar-refractivity contribution in [1.82, 2.24) is 9.80 Å². The molecule has 0 saturated carbocycles. The summed E-state index contributed by atoms with van der Waals surface area (Å²) in [5, 5.41) is 2.92. The molecule has 0 aromatic heterocycles. The van der Waals surface area contributed by atoms with Gasteiger partial charge in [0, 0.05) is 19.8 Å². The van der Waals surface area contributed by atoms with Crippen LogP contribution < -0.4 is 5.32 Å². The van der Waals surface area contributed by atoms with Gasteiger partial charge in [-0.1, -0.05) is 32.0 Å². The van der Waals surface area contributed by atoms with Crippen LogP contribution in [0.3, 0.4) is 0 Å². The maximum absolute atomic E-state index is 12.1. The van der Waals surface area contributed by atoms with Gasteiger partial charge in [-0.2, -0.15) is 0 Å². The Kier molecular flexibility index (Phi) is 6.37. The summed E-state index contributed by atoms with van der Waals surface area (Å²) >= 11 is 0. The number of carbonyl (C=O) groups is 2. The van der Waals surface area contributed by atoms with E-state index in [2.05, 4.69) is 19.2 Å². The summed E-state index contributed by atoms with van der Waals surface area (Å²) < 4.78 is 0. The molecule has 0 heterocycles. The van der Waals surface area contributed by atoms with Crippen molar-refractivity contribution >= 4 is 17.5 Å². The van der Waals surface area contributed by atoms with Crippen molar-refractivity contribution in [2.75, 3.05) is 39.5 Å². The third kappa shape index (κ3) is 5.55. The van der Waals surface area contributed by atoms with Gasteiger partial charge >= 0.3 is 0 Å². The van der Waals surface area contributed by atoms with Gasteiger partial charge in [0.25, 0.3) is 0 Å². The van der Waals surface area contributed by atoms with Crippen LogP contribution in [-0.2, 0) is 9.59 Å². The molecule has 0 atom stereocenters. The quantitative estimate of drug-likeness (QED) is 0.869. The standard InChI is InChI=1S/C16H25N3O2/c1-12(2)13-8-6-7-9-14(13)17-15(20)10-19(5)11-16(21)18(3)4/h6-9,12H,10-11H2,1-5H3,(H,17,20). The predicted octanol–water partition coefficient (Wildman–Crippen LogP) is 1.77. The van der Waals surface area contributed by atoms with Crippen molar-refractivity contribution < 1.29 is 9.59 Å². The summed E-state index contributed by atoms with van der Waals surface area (Å²) in [6.45, 7) is 4.60. The number of nitrogens with one attached hydrogen (secondary N) is 1. The number of amides is 2. The SMILES string of the molecule is CC(C)c1ccccc1NC(=O)CN(C)CC(=O)N(C)C. The van der Waals surface area contributed by atoms with Gasteiger partial charge in [0.05, 0.1) is 13.1 Å². The zero-order valence-corrected chi connectivity index (χ0v) is 13.5. The Bertz CT molecular complexity index is 498. The molecule has 5 heteroatoms. The zero-order chi connectivity index (χ0) is 16.0. The summed E-state index contributed by atoms with van der Waals surface area (Å²) in [5.41, 5.74) is 1.95. The second kappa shape index (κ2) is 7.78. The largest absolute Gasteiger partial charge is 0.348 e. The third-order valence-electron chi connectivity index (χ3n) is 3.17. The third-order valence-corrected chi connectivity index (χ3v) is 3.17. The van der Waals surface area contributed by atoms with E-state index in [0.29, 0.717) is 5.92 Å². The fraction of sp³-hybridized carbons (Fsp3) is 0.500. The summed E-state index contributed by atoms with van der Waals surface area (Å²) in [6, 6.07) is 7.78. The van der Waals surface area contributed by atoms with E-state index >= 15 is 0 Å². The van der Waals surface area contributed by atoms with Crippen LogP contribution in [0.5, 0.6) is 0 Å². The smallest absolute Gasteiger partial charge is 0.238 e. The molecule has 21 heavy (non-hydrogen) atoms. The van der Waals surface area contributed by atoms with Gasteiger partial charge in [0.2, 0.25) is 11.8 Å². The lowest BCUT2D eigenvalue weighted by Gasteiger charge is -2.19. The summed E-state index contributed by atoms with van der Waals surface area (Å²) in [5.74, 6) is 0.208. The van der Waals surface area contributed by atoms with Gasteiger partial charge in [-0.25, -0.2) is 0 Å². The van der Waals surface area contributed by atoms with Crippen molar-refractivity contribution in [1.29, 1.82) is 0 Å². The summed E-state index contributed by atoms with van der Waals surface area (Å²) in [4.78, 5) is 26.9. The number of nitrogens with zero attached hydrogens (tertiary/aromatic N) is 2. The molecule has 0 aliphatic rings.